The van der Waals surface area contributed by atoms with Gasteiger partial charge in [0.05, 0.1) is 18.6 Å². The van der Waals surface area contributed by atoms with Crippen LogP contribution in [-0.2, 0) is 4.74 Å². The van der Waals surface area contributed by atoms with Crippen molar-refractivity contribution in [2.75, 3.05) is 40.5 Å². The fraction of sp³-hybridized carbons (Fsp3) is 0.545. The molecule has 2 N–H and O–H groups in total. The fourth-order valence-corrected chi connectivity index (χ4v) is 1.97. The van der Waals surface area contributed by atoms with Crippen LogP contribution in [0, 0.1) is 0 Å². The van der Waals surface area contributed by atoms with Crippen LogP contribution in [0.25, 0.3) is 0 Å². The molecule has 0 aliphatic carbocycles. The van der Waals surface area contributed by atoms with Crippen LogP contribution in [0.1, 0.15) is 9.67 Å². The average Bonchev–Trinajstić information content (AvgIpc) is 2.82. The zero-order valence-electron chi connectivity index (χ0n) is 10.5. The molecule has 0 aliphatic rings. The van der Waals surface area contributed by atoms with Gasteiger partial charge in [0.15, 0.2) is 0 Å². The van der Waals surface area contributed by atoms with Gasteiger partial charge in [0.25, 0.3) is 5.91 Å². The van der Waals surface area contributed by atoms with Gasteiger partial charge in [-0.25, -0.2) is 0 Å². The van der Waals surface area contributed by atoms with Crippen molar-refractivity contribution in [1.82, 2.24) is 10.6 Å². The van der Waals surface area contributed by atoms with Crippen LogP contribution in [-0.4, -0.2) is 46.4 Å². The van der Waals surface area contributed by atoms with Crippen LogP contribution in [0.2, 0.25) is 0 Å². The number of halogens is 1. The second-order valence-electron chi connectivity index (χ2n) is 3.35. The second kappa shape index (κ2) is 10.1. The maximum absolute atomic E-state index is 11.7. The number of hydrogen-bond acceptors (Lipinski definition) is 5. The van der Waals surface area contributed by atoms with Gasteiger partial charge in [-0.15, -0.1) is 23.7 Å². The summed E-state index contributed by atoms with van der Waals surface area (Å²) in [5.41, 5.74) is 0. The predicted molar refractivity (Wildman–Crippen MR) is 75.2 cm³/mol. The number of amides is 1. The van der Waals surface area contributed by atoms with Crippen LogP contribution in [0.3, 0.4) is 0 Å². The summed E-state index contributed by atoms with van der Waals surface area (Å²) in [5, 5.41) is 7.79. The summed E-state index contributed by atoms with van der Waals surface area (Å²) in [4.78, 5) is 12.3. The molecule has 104 valence electrons. The number of nitrogens with one attached hydrogen (secondary N) is 2. The van der Waals surface area contributed by atoms with Crippen LogP contribution >= 0.6 is 23.7 Å². The highest BCUT2D eigenvalue weighted by molar-refractivity contribution is 7.12. The molecule has 1 amide bonds. The summed E-state index contributed by atoms with van der Waals surface area (Å²) in [6.45, 7) is 2.80. The third-order valence-electron chi connectivity index (χ3n) is 2.11. The maximum atomic E-state index is 11.7. The van der Waals surface area contributed by atoms with Gasteiger partial charge >= 0.3 is 0 Å². The molecule has 1 rings (SSSR count). The Morgan fingerprint density at radius 3 is 2.72 bits per heavy atom. The number of rotatable bonds is 8. The smallest absolute Gasteiger partial charge is 0.261 e. The molecule has 0 fully saturated rings. The van der Waals surface area contributed by atoms with Crippen molar-refractivity contribution >= 4 is 29.7 Å². The minimum atomic E-state index is -0.0631. The van der Waals surface area contributed by atoms with Gasteiger partial charge in [-0.3, -0.25) is 4.79 Å². The number of carbonyl (C=O) groups is 1. The highest BCUT2D eigenvalue weighted by atomic mass is 35.5. The standard InChI is InChI=1S/C11H18N2O3S.ClH/c1-15-6-5-12-3-4-13-11(14)10-7-9(16-2)8-17-10;/h7-8,12H,3-6H2,1-2H3,(H,13,14);1H. The topological polar surface area (TPSA) is 59.6 Å². The average molecular weight is 295 g/mol. The van der Waals surface area contributed by atoms with Crippen molar-refractivity contribution < 1.29 is 14.3 Å². The Balaban J connectivity index is 0.00000289. The Labute approximate surface area is 117 Å². The Kier molecular flexibility index (Phi) is 9.67. The van der Waals surface area contributed by atoms with E-state index in [4.69, 9.17) is 9.47 Å². The summed E-state index contributed by atoms with van der Waals surface area (Å²) >= 11 is 1.38. The van der Waals surface area contributed by atoms with Gasteiger partial charge in [0.1, 0.15) is 5.75 Å². The van der Waals surface area contributed by atoms with Crippen molar-refractivity contribution in [3.8, 4) is 5.75 Å². The van der Waals surface area contributed by atoms with E-state index in [1.165, 1.54) is 11.3 Å². The van der Waals surface area contributed by atoms with Crippen molar-refractivity contribution in [3.05, 3.63) is 16.3 Å². The van der Waals surface area contributed by atoms with Gasteiger partial charge in [0, 0.05) is 38.2 Å². The number of ether oxygens (including phenoxy) is 2. The molecule has 0 atom stereocenters. The summed E-state index contributed by atoms with van der Waals surface area (Å²) in [7, 11) is 3.25. The Bertz CT molecular complexity index is 347. The van der Waals surface area contributed by atoms with Crippen molar-refractivity contribution in [3.63, 3.8) is 0 Å². The molecule has 0 radical (unpaired) electrons. The van der Waals surface area contributed by atoms with E-state index in [1.54, 1.807) is 20.3 Å². The first-order chi connectivity index (χ1) is 8.27. The minimum Gasteiger partial charge on any atom is -0.496 e. The van der Waals surface area contributed by atoms with Gasteiger partial charge in [0.2, 0.25) is 0 Å². The van der Waals surface area contributed by atoms with Crippen LogP contribution < -0.4 is 15.4 Å². The SMILES string of the molecule is COCCNCCNC(=O)c1cc(OC)cs1.Cl. The molecule has 0 unspecified atom stereocenters. The van der Waals surface area contributed by atoms with E-state index in [9.17, 15) is 4.79 Å². The summed E-state index contributed by atoms with van der Waals surface area (Å²) < 4.78 is 9.91. The molecule has 1 aromatic rings. The molecular formula is C11H19ClN2O3S. The van der Waals surface area contributed by atoms with E-state index in [0.717, 1.165) is 18.8 Å². The lowest BCUT2D eigenvalue weighted by atomic mass is 10.4. The lowest BCUT2D eigenvalue weighted by Crippen LogP contribution is -2.32. The molecule has 1 aromatic heterocycles. The molecule has 0 saturated carbocycles. The Morgan fingerprint density at radius 2 is 2.11 bits per heavy atom. The van der Waals surface area contributed by atoms with Gasteiger partial charge in [-0.2, -0.15) is 0 Å². The van der Waals surface area contributed by atoms with E-state index in [1.807, 2.05) is 5.38 Å². The van der Waals surface area contributed by atoms with E-state index >= 15 is 0 Å². The zero-order chi connectivity index (χ0) is 12.5. The Hall–Kier alpha value is -0.820. The molecule has 1 heterocycles. The van der Waals surface area contributed by atoms with E-state index in [2.05, 4.69) is 10.6 Å². The summed E-state index contributed by atoms with van der Waals surface area (Å²) in [5.74, 6) is 0.658. The molecule has 0 spiro atoms. The molecule has 0 bridgehead atoms. The third kappa shape index (κ3) is 6.20. The second-order valence-corrected chi connectivity index (χ2v) is 4.26. The molecule has 7 heteroatoms. The van der Waals surface area contributed by atoms with Crippen LogP contribution in [0.4, 0.5) is 0 Å². The van der Waals surface area contributed by atoms with Crippen molar-refractivity contribution in [2.24, 2.45) is 0 Å². The molecule has 18 heavy (non-hydrogen) atoms. The number of thiophene rings is 1. The highest BCUT2D eigenvalue weighted by Gasteiger charge is 2.08. The normalized spacial score (nSPS) is 9.67. The monoisotopic (exact) mass is 294 g/mol. The van der Waals surface area contributed by atoms with Gasteiger partial charge in [-0.05, 0) is 0 Å². The predicted octanol–water partition coefficient (Wildman–Crippen LogP) is 1.14. The molecule has 5 nitrogen and oxygen atoms in total. The van der Waals surface area contributed by atoms with Crippen LogP contribution in [0.5, 0.6) is 5.75 Å². The first-order valence-electron chi connectivity index (χ1n) is 5.38. The molecule has 0 aromatic carbocycles. The van der Waals surface area contributed by atoms with E-state index < -0.39 is 0 Å². The Morgan fingerprint density at radius 1 is 1.33 bits per heavy atom. The van der Waals surface area contributed by atoms with E-state index in [-0.39, 0.29) is 18.3 Å². The maximum Gasteiger partial charge on any atom is 0.261 e. The fourth-order valence-electron chi connectivity index (χ4n) is 1.20. The largest absolute Gasteiger partial charge is 0.496 e. The zero-order valence-corrected chi connectivity index (χ0v) is 12.2. The first-order valence-corrected chi connectivity index (χ1v) is 6.26. The van der Waals surface area contributed by atoms with Crippen molar-refractivity contribution in [1.29, 1.82) is 0 Å². The molecular weight excluding hydrogens is 276 g/mol. The number of methoxy groups -OCH3 is 2. The lowest BCUT2D eigenvalue weighted by Gasteiger charge is -2.05. The third-order valence-corrected chi connectivity index (χ3v) is 3.01. The van der Waals surface area contributed by atoms with Crippen LogP contribution in [0.15, 0.2) is 11.4 Å². The summed E-state index contributed by atoms with van der Waals surface area (Å²) in [6.07, 6.45) is 0. The molecule has 0 saturated heterocycles. The summed E-state index contributed by atoms with van der Waals surface area (Å²) in [6, 6.07) is 1.73. The number of hydrogen-bond donors (Lipinski definition) is 2. The van der Waals surface area contributed by atoms with Gasteiger partial charge < -0.3 is 20.1 Å². The van der Waals surface area contributed by atoms with Gasteiger partial charge in [-0.1, -0.05) is 0 Å². The first kappa shape index (κ1) is 17.2. The van der Waals surface area contributed by atoms with Crippen molar-refractivity contribution in [2.45, 2.75) is 0 Å². The minimum absolute atomic E-state index is 0. The highest BCUT2D eigenvalue weighted by Crippen LogP contribution is 2.20. The number of carbonyl (C=O) groups excluding carboxylic acids is 1. The quantitative estimate of drug-likeness (QED) is 0.706. The lowest BCUT2D eigenvalue weighted by molar-refractivity contribution is 0.0957. The molecule has 0 aliphatic heterocycles. The van der Waals surface area contributed by atoms with E-state index in [0.29, 0.717) is 18.0 Å².